The molecule has 0 unspecified atom stereocenters. The lowest BCUT2D eigenvalue weighted by atomic mass is 10.2. The number of ether oxygens (including phenoxy) is 2. The molecule has 8 nitrogen and oxygen atoms in total. The van der Waals surface area contributed by atoms with Gasteiger partial charge in [-0.2, -0.15) is 0 Å². The van der Waals surface area contributed by atoms with Crippen LogP contribution in [-0.4, -0.2) is 48.9 Å². The van der Waals surface area contributed by atoms with Crippen LogP contribution in [0, 0.1) is 0 Å². The molecule has 126 valence electrons. The van der Waals surface area contributed by atoms with Crippen molar-refractivity contribution in [3.8, 4) is 0 Å². The predicted molar refractivity (Wildman–Crippen MR) is 80.3 cm³/mol. The Bertz CT molecular complexity index is 520. The van der Waals surface area contributed by atoms with E-state index in [0.29, 0.717) is 0 Å². The Morgan fingerprint density at radius 3 is 2.48 bits per heavy atom. The summed E-state index contributed by atoms with van der Waals surface area (Å²) in [6.07, 6.45) is -0.848. The van der Waals surface area contributed by atoms with Crippen molar-refractivity contribution in [1.29, 1.82) is 0 Å². The number of amides is 2. The number of benzene rings is 1. The first-order chi connectivity index (χ1) is 11.1. The number of aliphatic hydroxyl groups is 1. The van der Waals surface area contributed by atoms with E-state index in [1.165, 1.54) is 0 Å². The number of esters is 1. The lowest BCUT2D eigenvalue weighted by Crippen LogP contribution is -2.50. The lowest BCUT2D eigenvalue weighted by molar-refractivity contribution is -0.143. The zero-order valence-electron chi connectivity index (χ0n) is 12.8. The second kappa shape index (κ2) is 10.2. The number of rotatable bonds is 8. The molecule has 1 aromatic rings. The van der Waals surface area contributed by atoms with Gasteiger partial charge in [0.2, 0.25) is 5.91 Å². The van der Waals surface area contributed by atoms with Gasteiger partial charge in [0.05, 0.1) is 13.2 Å². The average Bonchev–Trinajstić information content (AvgIpc) is 2.57. The second-order valence-electron chi connectivity index (χ2n) is 4.46. The van der Waals surface area contributed by atoms with Gasteiger partial charge in [0.25, 0.3) is 0 Å². The van der Waals surface area contributed by atoms with E-state index in [2.05, 4.69) is 15.4 Å². The Hall–Kier alpha value is -2.61. The van der Waals surface area contributed by atoms with E-state index < -0.39 is 30.6 Å². The first kappa shape index (κ1) is 18.4. The number of aliphatic hydroxyl groups excluding tert-OH is 1. The number of hydrogen-bond donors (Lipinski definition) is 3. The van der Waals surface area contributed by atoms with Gasteiger partial charge in [0, 0.05) is 0 Å². The van der Waals surface area contributed by atoms with Crippen molar-refractivity contribution in [2.24, 2.45) is 0 Å². The van der Waals surface area contributed by atoms with Gasteiger partial charge in [-0.3, -0.25) is 9.59 Å². The van der Waals surface area contributed by atoms with Crippen LogP contribution in [0.2, 0.25) is 0 Å². The van der Waals surface area contributed by atoms with E-state index in [1.807, 2.05) is 6.07 Å². The highest BCUT2D eigenvalue weighted by molar-refractivity contribution is 5.88. The molecule has 23 heavy (non-hydrogen) atoms. The molecule has 0 spiro atoms. The van der Waals surface area contributed by atoms with Crippen LogP contribution in [0.3, 0.4) is 0 Å². The van der Waals surface area contributed by atoms with Gasteiger partial charge in [-0.15, -0.1) is 0 Å². The van der Waals surface area contributed by atoms with E-state index in [1.54, 1.807) is 31.2 Å². The minimum Gasteiger partial charge on any atom is -0.465 e. The first-order valence-corrected chi connectivity index (χ1v) is 7.08. The lowest BCUT2D eigenvalue weighted by Gasteiger charge is -2.15. The quantitative estimate of drug-likeness (QED) is 0.578. The van der Waals surface area contributed by atoms with Crippen molar-refractivity contribution in [1.82, 2.24) is 10.6 Å². The molecule has 0 aliphatic rings. The fourth-order valence-electron chi connectivity index (χ4n) is 1.60. The summed E-state index contributed by atoms with van der Waals surface area (Å²) in [5.41, 5.74) is 0.787. The SMILES string of the molecule is CCOC(=O)CNC(=O)[C@H](CO)NC(=O)OCc1ccccc1. The van der Waals surface area contributed by atoms with Crippen LogP contribution < -0.4 is 10.6 Å². The Morgan fingerprint density at radius 1 is 1.17 bits per heavy atom. The molecule has 1 atom stereocenters. The molecule has 0 bridgehead atoms. The van der Waals surface area contributed by atoms with Crippen molar-refractivity contribution in [3.63, 3.8) is 0 Å². The van der Waals surface area contributed by atoms with E-state index in [0.717, 1.165) is 5.56 Å². The maximum atomic E-state index is 11.7. The van der Waals surface area contributed by atoms with Crippen LogP contribution in [-0.2, 0) is 25.7 Å². The van der Waals surface area contributed by atoms with Crippen LogP contribution in [0.15, 0.2) is 30.3 Å². The molecule has 0 aliphatic heterocycles. The van der Waals surface area contributed by atoms with Crippen molar-refractivity contribution in [2.45, 2.75) is 19.6 Å². The molecule has 1 rings (SSSR count). The topological polar surface area (TPSA) is 114 Å². The summed E-state index contributed by atoms with van der Waals surface area (Å²) in [7, 11) is 0. The number of alkyl carbamates (subject to hydrolysis) is 1. The molecular formula is C15H20N2O6. The van der Waals surface area contributed by atoms with Crippen LogP contribution >= 0.6 is 0 Å². The third-order valence-electron chi connectivity index (χ3n) is 2.72. The van der Waals surface area contributed by atoms with E-state index in [-0.39, 0.29) is 19.8 Å². The Morgan fingerprint density at radius 2 is 1.87 bits per heavy atom. The molecule has 0 heterocycles. The standard InChI is InChI=1S/C15H20N2O6/c1-2-22-13(19)8-16-14(20)12(9-18)17-15(21)23-10-11-6-4-3-5-7-11/h3-7,12,18H,2,8-10H2,1H3,(H,16,20)(H,17,21)/t12-/m0/s1. The van der Waals surface area contributed by atoms with Crippen LogP contribution in [0.25, 0.3) is 0 Å². The molecule has 0 aromatic heterocycles. The number of nitrogens with one attached hydrogen (secondary N) is 2. The van der Waals surface area contributed by atoms with E-state index in [9.17, 15) is 14.4 Å². The summed E-state index contributed by atoms with van der Waals surface area (Å²) in [6, 6.07) is 7.78. The van der Waals surface area contributed by atoms with Gasteiger partial charge in [-0.05, 0) is 12.5 Å². The molecule has 8 heteroatoms. The van der Waals surface area contributed by atoms with Gasteiger partial charge in [0.1, 0.15) is 19.2 Å². The van der Waals surface area contributed by atoms with Gasteiger partial charge in [0.15, 0.2) is 0 Å². The van der Waals surface area contributed by atoms with Gasteiger partial charge >= 0.3 is 12.1 Å². The minimum atomic E-state index is -1.22. The highest BCUT2D eigenvalue weighted by Crippen LogP contribution is 2.00. The number of carbonyl (C=O) groups excluding carboxylic acids is 3. The molecule has 2 amide bonds. The molecule has 0 radical (unpaired) electrons. The highest BCUT2D eigenvalue weighted by Gasteiger charge is 2.21. The van der Waals surface area contributed by atoms with Crippen molar-refractivity contribution in [2.75, 3.05) is 19.8 Å². The molecule has 0 aliphatic carbocycles. The Balaban J connectivity index is 2.37. The summed E-state index contributed by atoms with van der Waals surface area (Å²) in [5.74, 6) is -1.32. The van der Waals surface area contributed by atoms with Crippen LogP contribution in [0.4, 0.5) is 4.79 Å². The first-order valence-electron chi connectivity index (χ1n) is 7.08. The third-order valence-corrected chi connectivity index (χ3v) is 2.72. The average molecular weight is 324 g/mol. The maximum Gasteiger partial charge on any atom is 0.408 e. The monoisotopic (exact) mass is 324 g/mol. The van der Waals surface area contributed by atoms with Crippen LogP contribution in [0.5, 0.6) is 0 Å². The molecule has 1 aromatic carbocycles. The summed E-state index contributed by atoms with van der Waals surface area (Å²) in [5, 5.41) is 13.6. The summed E-state index contributed by atoms with van der Waals surface area (Å²) >= 11 is 0. The van der Waals surface area contributed by atoms with E-state index in [4.69, 9.17) is 9.84 Å². The largest absolute Gasteiger partial charge is 0.465 e. The van der Waals surface area contributed by atoms with Gasteiger partial charge < -0.3 is 25.2 Å². The summed E-state index contributed by atoms with van der Waals surface area (Å²) in [6.45, 7) is 0.900. The fraction of sp³-hybridized carbons (Fsp3) is 0.400. The number of hydrogen-bond acceptors (Lipinski definition) is 6. The fourth-order valence-corrected chi connectivity index (χ4v) is 1.60. The molecule has 0 saturated carbocycles. The van der Waals surface area contributed by atoms with Gasteiger partial charge in [-0.25, -0.2) is 4.79 Å². The molecule has 3 N–H and O–H groups in total. The predicted octanol–water partition coefficient (Wildman–Crippen LogP) is -0.0470. The minimum absolute atomic E-state index is 0.0370. The molecular weight excluding hydrogens is 304 g/mol. The third kappa shape index (κ3) is 7.28. The number of carbonyl (C=O) groups is 3. The molecule has 0 fully saturated rings. The summed E-state index contributed by atoms with van der Waals surface area (Å²) in [4.78, 5) is 34.5. The van der Waals surface area contributed by atoms with Crippen molar-refractivity contribution in [3.05, 3.63) is 35.9 Å². The Kier molecular flexibility index (Phi) is 8.16. The Labute approximate surface area is 133 Å². The molecule has 0 saturated heterocycles. The maximum absolute atomic E-state index is 11.7. The summed E-state index contributed by atoms with van der Waals surface area (Å²) < 4.78 is 9.59. The van der Waals surface area contributed by atoms with E-state index >= 15 is 0 Å². The van der Waals surface area contributed by atoms with Crippen molar-refractivity contribution >= 4 is 18.0 Å². The van der Waals surface area contributed by atoms with Gasteiger partial charge in [-0.1, -0.05) is 30.3 Å². The normalized spacial score (nSPS) is 11.2. The van der Waals surface area contributed by atoms with Crippen molar-refractivity contribution < 1.29 is 29.0 Å². The highest BCUT2D eigenvalue weighted by atomic mass is 16.5. The zero-order chi connectivity index (χ0) is 17.1. The zero-order valence-corrected chi connectivity index (χ0v) is 12.8. The second-order valence-corrected chi connectivity index (χ2v) is 4.46. The van der Waals surface area contributed by atoms with Crippen LogP contribution in [0.1, 0.15) is 12.5 Å². The smallest absolute Gasteiger partial charge is 0.408 e.